The van der Waals surface area contributed by atoms with Gasteiger partial charge in [0, 0.05) is 24.0 Å². The Morgan fingerprint density at radius 2 is 2.11 bits per heavy atom. The summed E-state index contributed by atoms with van der Waals surface area (Å²) >= 11 is 0. The molecule has 5 rings (SSSR count). The first-order chi connectivity index (χ1) is 13.4. The van der Waals surface area contributed by atoms with Crippen molar-refractivity contribution in [2.24, 2.45) is 5.92 Å². The Bertz CT molecular complexity index is 1080. The van der Waals surface area contributed by atoms with Crippen molar-refractivity contribution in [2.45, 2.75) is 12.8 Å². The fraction of sp³-hybridized carbons (Fsp3) is 0.286. The highest BCUT2D eigenvalue weighted by Gasteiger charge is 2.14. The quantitative estimate of drug-likeness (QED) is 0.605. The van der Waals surface area contributed by atoms with Crippen molar-refractivity contribution >= 4 is 16.6 Å². The number of rotatable bonds is 4. The molecule has 1 fully saturated rings. The van der Waals surface area contributed by atoms with Crippen LogP contribution in [0.2, 0.25) is 0 Å². The van der Waals surface area contributed by atoms with E-state index in [0.29, 0.717) is 5.92 Å². The fourth-order valence-corrected chi connectivity index (χ4v) is 3.61. The molecule has 6 nitrogen and oxygen atoms in total. The Hall–Kier alpha value is -2.99. The molecule has 136 valence electrons. The van der Waals surface area contributed by atoms with Crippen molar-refractivity contribution in [3.05, 3.63) is 54.7 Å². The van der Waals surface area contributed by atoms with E-state index in [2.05, 4.69) is 27.6 Å². The first-order valence-electron chi connectivity index (χ1n) is 9.41. The number of pyridine rings is 2. The highest BCUT2D eigenvalue weighted by Crippen LogP contribution is 2.24. The third kappa shape index (κ3) is 3.24. The van der Waals surface area contributed by atoms with E-state index in [1.807, 2.05) is 47.0 Å². The number of hydrogen-bond donors (Lipinski definition) is 1. The van der Waals surface area contributed by atoms with Crippen molar-refractivity contribution in [1.82, 2.24) is 24.9 Å². The van der Waals surface area contributed by atoms with Crippen LogP contribution >= 0.6 is 0 Å². The van der Waals surface area contributed by atoms with E-state index in [1.165, 1.54) is 12.8 Å². The van der Waals surface area contributed by atoms with E-state index >= 15 is 0 Å². The average Bonchev–Trinajstić information content (AvgIpc) is 3.17. The molecule has 1 aromatic carbocycles. The van der Waals surface area contributed by atoms with Crippen LogP contribution in [-0.4, -0.2) is 39.3 Å². The summed E-state index contributed by atoms with van der Waals surface area (Å²) in [4.78, 5) is 4.77. The molecule has 1 unspecified atom stereocenters. The summed E-state index contributed by atoms with van der Waals surface area (Å²) in [6.45, 7) is 2.93. The van der Waals surface area contributed by atoms with E-state index in [1.54, 1.807) is 0 Å². The molecule has 1 atom stereocenters. The lowest BCUT2D eigenvalue weighted by Crippen LogP contribution is -2.33. The van der Waals surface area contributed by atoms with Crippen LogP contribution in [0.3, 0.4) is 0 Å². The summed E-state index contributed by atoms with van der Waals surface area (Å²) in [5.74, 6) is 2.24. The number of fused-ring (bicyclic) bond motifs is 2. The van der Waals surface area contributed by atoms with Gasteiger partial charge in [-0.15, -0.1) is 10.2 Å². The maximum absolute atomic E-state index is 6.02. The maximum Gasteiger partial charge on any atom is 0.187 e. The highest BCUT2D eigenvalue weighted by molar-refractivity contribution is 5.82. The number of aromatic nitrogens is 4. The molecule has 27 heavy (non-hydrogen) atoms. The summed E-state index contributed by atoms with van der Waals surface area (Å²) < 4.78 is 7.97. The largest absolute Gasteiger partial charge is 0.493 e. The SMILES string of the molecule is c1ccn2c(-c3ccc4cc(OCC5CCCNC5)ccc4n3)nnc2c1. The zero-order chi connectivity index (χ0) is 18.1. The van der Waals surface area contributed by atoms with Crippen molar-refractivity contribution in [3.8, 4) is 17.3 Å². The Balaban J connectivity index is 1.40. The molecule has 0 saturated carbocycles. The van der Waals surface area contributed by atoms with Gasteiger partial charge in [0.1, 0.15) is 11.4 Å². The van der Waals surface area contributed by atoms with Crippen LogP contribution in [0.5, 0.6) is 5.75 Å². The van der Waals surface area contributed by atoms with Gasteiger partial charge in [-0.2, -0.15) is 0 Å². The zero-order valence-electron chi connectivity index (χ0n) is 15.0. The number of benzene rings is 1. The van der Waals surface area contributed by atoms with E-state index in [9.17, 15) is 0 Å². The van der Waals surface area contributed by atoms with Gasteiger partial charge in [-0.05, 0) is 55.8 Å². The third-order valence-electron chi connectivity index (χ3n) is 5.09. The summed E-state index contributed by atoms with van der Waals surface area (Å²) in [5, 5.41) is 13.0. The molecule has 3 aromatic heterocycles. The second kappa shape index (κ2) is 6.96. The minimum atomic E-state index is 0.594. The van der Waals surface area contributed by atoms with E-state index < -0.39 is 0 Å². The lowest BCUT2D eigenvalue weighted by atomic mass is 10.0. The van der Waals surface area contributed by atoms with Crippen LogP contribution in [-0.2, 0) is 0 Å². The van der Waals surface area contributed by atoms with Crippen molar-refractivity contribution in [2.75, 3.05) is 19.7 Å². The monoisotopic (exact) mass is 359 g/mol. The Morgan fingerprint density at radius 1 is 1.11 bits per heavy atom. The number of nitrogens with zero attached hydrogens (tertiary/aromatic N) is 4. The van der Waals surface area contributed by atoms with Crippen LogP contribution < -0.4 is 10.1 Å². The molecule has 0 bridgehead atoms. The van der Waals surface area contributed by atoms with Gasteiger partial charge in [-0.1, -0.05) is 12.1 Å². The first-order valence-corrected chi connectivity index (χ1v) is 9.41. The Labute approximate surface area is 157 Å². The molecule has 0 spiro atoms. The minimum Gasteiger partial charge on any atom is -0.493 e. The zero-order valence-corrected chi connectivity index (χ0v) is 15.0. The van der Waals surface area contributed by atoms with E-state index in [-0.39, 0.29) is 0 Å². The molecular formula is C21H21N5O. The normalized spacial score (nSPS) is 17.4. The minimum absolute atomic E-state index is 0.594. The maximum atomic E-state index is 6.02. The molecule has 1 aliphatic rings. The topological polar surface area (TPSA) is 64.3 Å². The lowest BCUT2D eigenvalue weighted by Gasteiger charge is -2.22. The molecule has 0 aliphatic carbocycles. The number of nitrogens with one attached hydrogen (secondary N) is 1. The molecule has 0 amide bonds. The van der Waals surface area contributed by atoms with Gasteiger partial charge in [-0.3, -0.25) is 4.40 Å². The van der Waals surface area contributed by atoms with Crippen LogP contribution in [0.25, 0.3) is 28.1 Å². The summed E-state index contributed by atoms with van der Waals surface area (Å²) in [5.41, 5.74) is 2.55. The fourth-order valence-electron chi connectivity index (χ4n) is 3.61. The number of piperidine rings is 1. The smallest absolute Gasteiger partial charge is 0.187 e. The van der Waals surface area contributed by atoms with Crippen molar-refractivity contribution < 1.29 is 4.74 Å². The molecule has 0 radical (unpaired) electrons. The third-order valence-corrected chi connectivity index (χ3v) is 5.09. The van der Waals surface area contributed by atoms with E-state index in [0.717, 1.165) is 53.5 Å². The molecule has 4 heterocycles. The lowest BCUT2D eigenvalue weighted by molar-refractivity contribution is 0.218. The molecule has 1 aliphatic heterocycles. The van der Waals surface area contributed by atoms with Gasteiger partial charge >= 0.3 is 0 Å². The molecular weight excluding hydrogens is 338 g/mol. The van der Waals surface area contributed by atoms with Crippen LogP contribution in [0.15, 0.2) is 54.7 Å². The molecule has 1 saturated heterocycles. The van der Waals surface area contributed by atoms with Gasteiger partial charge < -0.3 is 10.1 Å². The predicted octanol–water partition coefficient (Wildman–Crippen LogP) is 3.32. The first kappa shape index (κ1) is 16.2. The molecule has 6 heteroatoms. The van der Waals surface area contributed by atoms with Crippen molar-refractivity contribution in [3.63, 3.8) is 0 Å². The van der Waals surface area contributed by atoms with Gasteiger partial charge in [0.25, 0.3) is 0 Å². The van der Waals surface area contributed by atoms with Crippen LogP contribution in [0, 0.1) is 5.92 Å². The van der Waals surface area contributed by atoms with Gasteiger partial charge in [0.05, 0.1) is 12.1 Å². The second-order valence-corrected chi connectivity index (χ2v) is 7.03. The molecule has 4 aromatic rings. The number of hydrogen-bond acceptors (Lipinski definition) is 5. The van der Waals surface area contributed by atoms with Gasteiger partial charge in [0.15, 0.2) is 11.5 Å². The standard InChI is InChI=1S/C21H21N5O/c1-2-11-26-20(5-1)24-25-21(26)19-8-6-16-12-17(7-9-18(16)23-19)27-14-15-4-3-10-22-13-15/h1-2,5-9,11-12,15,22H,3-4,10,13-14H2. The predicted molar refractivity (Wildman–Crippen MR) is 105 cm³/mol. The average molecular weight is 359 g/mol. The highest BCUT2D eigenvalue weighted by atomic mass is 16.5. The Kier molecular flexibility index (Phi) is 4.18. The summed E-state index contributed by atoms with van der Waals surface area (Å²) in [6.07, 6.45) is 4.42. The van der Waals surface area contributed by atoms with Gasteiger partial charge in [-0.25, -0.2) is 4.98 Å². The van der Waals surface area contributed by atoms with Crippen LogP contribution in [0.1, 0.15) is 12.8 Å². The Morgan fingerprint density at radius 3 is 3.04 bits per heavy atom. The molecule has 1 N–H and O–H groups in total. The van der Waals surface area contributed by atoms with Crippen LogP contribution in [0.4, 0.5) is 0 Å². The van der Waals surface area contributed by atoms with Crippen molar-refractivity contribution in [1.29, 1.82) is 0 Å². The summed E-state index contributed by atoms with van der Waals surface area (Å²) in [6, 6.07) is 16.0. The second-order valence-electron chi connectivity index (χ2n) is 7.03. The van der Waals surface area contributed by atoms with Gasteiger partial charge in [0.2, 0.25) is 0 Å². The summed E-state index contributed by atoms with van der Waals surface area (Å²) in [7, 11) is 0. The number of ether oxygens (including phenoxy) is 1. The van der Waals surface area contributed by atoms with E-state index in [4.69, 9.17) is 9.72 Å².